The molecule has 6 rings (SSSR count). The Kier molecular flexibility index (Phi) is 5.30. The van der Waals surface area contributed by atoms with Crippen molar-refractivity contribution in [3.05, 3.63) is 74.9 Å². The Morgan fingerprint density at radius 2 is 2.03 bits per heavy atom. The Hall–Kier alpha value is -3.30. The minimum absolute atomic E-state index is 0.105. The Bertz CT molecular complexity index is 1600. The number of aromatic nitrogens is 5. The summed E-state index contributed by atoms with van der Waals surface area (Å²) < 4.78 is 16.0. The van der Waals surface area contributed by atoms with E-state index in [1.807, 2.05) is 55.5 Å². The van der Waals surface area contributed by atoms with E-state index in [0.717, 1.165) is 39.6 Å². The van der Waals surface area contributed by atoms with E-state index in [1.165, 1.54) is 0 Å². The van der Waals surface area contributed by atoms with Crippen LogP contribution >= 0.6 is 15.9 Å². The van der Waals surface area contributed by atoms with Crippen molar-refractivity contribution in [1.82, 2.24) is 24.1 Å². The minimum Gasteiger partial charge on any atom is -0.477 e. The summed E-state index contributed by atoms with van der Waals surface area (Å²) in [5, 5.41) is 6.04. The zero-order chi connectivity index (χ0) is 23.2. The molecule has 172 valence electrons. The van der Waals surface area contributed by atoms with E-state index in [1.54, 1.807) is 9.08 Å². The molecule has 0 bridgehead atoms. The molecule has 4 heterocycles. The van der Waals surface area contributed by atoms with Gasteiger partial charge in [0.15, 0.2) is 5.82 Å². The van der Waals surface area contributed by atoms with E-state index < -0.39 is 0 Å². The summed E-state index contributed by atoms with van der Waals surface area (Å²) in [5.74, 6) is 1.37. The number of hydrogen-bond acceptors (Lipinski definition) is 6. The number of ether oxygens (including phenoxy) is 2. The van der Waals surface area contributed by atoms with Crippen molar-refractivity contribution < 1.29 is 9.47 Å². The van der Waals surface area contributed by atoms with E-state index in [9.17, 15) is 4.79 Å². The van der Waals surface area contributed by atoms with Crippen LogP contribution in [0.4, 0.5) is 0 Å². The number of nitrogens with zero attached hydrogens (tertiary/aromatic N) is 5. The van der Waals surface area contributed by atoms with Crippen LogP contribution in [-0.2, 0) is 11.3 Å². The maximum absolute atomic E-state index is 13.5. The van der Waals surface area contributed by atoms with Crippen LogP contribution in [0.25, 0.3) is 27.5 Å². The molecule has 2 aromatic carbocycles. The standard InChI is InChI=1S/C25H22BrN5O3/c1-15-10-23-30(25(32)19-4-2-3-5-21(19)31(23)29-15)12-22-27-20-11-17(26)6-7-18(20)24(28-22)34-14-16-8-9-33-13-16/h2-7,10-11,16H,8-9,12-14H2,1H3. The average molecular weight is 520 g/mol. The Morgan fingerprint density at radius 3 is 2.88 bits per heavy atom. The van der Waals surface area contributed by atoms with Crippen molar-refractivity contribution in [2.75, 3.05) is 19.8 Å². The zero-order valence-electron chi connectivity index (χ0n) is 18.6. The van der Waals surface area contributed by atoms with Crippen molar-refractivity contribution in [1.29, 1.82) is 0 Å². The topological polar surface area (TPSA) is 83.5 Å². The molecule has 0 radical (unpaired) electrons. The Labute approximate surface area is 203 Å². The van der Waals surface area contributed by atoms with Crippen molar-refractivity contribution >= 4 is 43.4 Å². The van der Waals surface area contributed by atoms with Crippen LogP contribution in [0.3, 0.4) is 0 Å². The second kappa shape index (κ2) is 8.48. The predicted molar refractivity (Wildman–Crippen MR) is 132 cm³/mol. The summed E-state index contributed by atoms with van der Waals surface area (Å²) in [5.41, 5.74) is 2.96. The molecule has 1 saturated heterocycles. The van der Waals surface area contributed by atoms with Crippen LogP contribution in [0.15, 0.2) is 57.8 Å². The molecule has 1 unspecified atom stereocenters. The first-order valence-electron chi connectivity index (χ1n) is 11.2. The lowest BCUT2D eigenvalue weighted by molar-refractivity contribution is 0.166. The Balaban J connectivity index is 1.48. The first-order chi connectivity index (χ1) is 16.6. The fraction of sp³-hybridized carbons (Fsp3) is 0.280. The molecule has 5 aromatic rings. The lowest BCUT2D eigenvalue weighted by atomic mass is 10.1. The third kappa shape index (κ3) is 3.74. The van der Waals surface area contributed by atoms with Gasteiger partial charge in [-0.15, -0.1) is 0 Å². The molecule has 0 saturated carbocycles. The van der Waals surface area contributed by atoms with Gasteiger partial charge in [0.1, 0.15) is 5.65 Å². The number of benzene rings is 2. The van der Waals surface area contributed by atoms with E-state index in [2.05, 4.69) is 21.0 Å². The molecule has 3 aromatic heterocycles. The van der Waals surface area contributed by atoms with Crippen LogP contribution in [0.5, 0.6) is 5.88 Å². The highest BCUT2D eigenvalue weighted by Gasteiger charge is 2.19. The number of fused-ring (bicyclic) bond motifs is 4. The van der Waals surface area contributed by atoms with Gasteiger partial charge >= 0.3 is 0 Å². The monoisotopic (exact) mass is 519 g/mol. The van der Waals surface area contributed by atoms with Gasteiger partial charge in [0, 0.05) is 23.1 Å². The van der Waals surface area contributed by atoms with Gasteiger partial charge in [0.2, 0.25) is 5.88 Å². The van der Waals surface area contributed by atoms with Gasteiger partial charge in [-0.1, -0.05) is 28.1 Å². The normalized spacial score (nSPS) is 16.1. The van der Waals surface area contributed by atoms with Crippen molar-refractivity contribution in [2.45, 2.75) is 19.9 Å². The Morgan fingerprint density at radius 1 is 1.15 bits per heavy atom. The van der Waals surface area contributed by atoms with Gasteiger partial charge in [-0.25, -0.2) is 9.50 Å². The molecule has 0 amide bonds. The van der Waals surface area contributed by atoms with Gasteiger partial charge in [0.25, 0.3) is 5.56 Å². The van der Waals surface area contributed by atoms with Crippen molar-refractivity contribution in [3.8, 4) is 5.88 Å². The lowest BCUT2D eigenvalue weighted by Gasteiger charge is -2.14. The van der Waals surface area contributed by atoms with Gasteiger partial charge < -0.3 is 9.47 Å². The molecular formula is C25H22BrN5O3. The fourth-order valence-corrected chi connectivity index (χ4v) is 4.80. The van der Waals surface area contributed by atoms with Gasteiger partial charge in [-0.2, -0.15) is 10.1 Å². The molecule has 8 nitrogen and oxygen atoms in total. The van der Waals surface area contributed by atoms with Crippen LogP contribution in [0, 0.1) is 12.8 Å². The van der Waals surface area contributed by atoms with Gasteiger partial charge in [-0.3, -0.25) is 9.36 Å². The quantitative estimate of drug-likeness (QED) is 0.347. The lowest BCUT2D eigenvalue weighted by Crippen LogP contribution is -2.24. The average Bonchev–Trinajstić information content (AvgIpc) is 3.49. The second-order valence-electron chi connectivity index (χ2n) is 8.61. The maximum Gasteiger partial charge on any atom is 0.262 e. The molecule has 0 aliphatic carbocycles. The molecule has 1 fully saturated rings. The summed E-state index contributed by atoms with van der Waals surface area (Å²) >= 11 is 3.53. The number of para-hydroxylation sites is 1. The number of rotatable bonds is 5. The molecule has 9 heteroatoms. The fourth-order valence-electron chi connectivity index (χ4n) is 4.45. The molecule has 1 atom stereocenters. The summed E-state index contributed by atoms with van der Waals surface area (Å²) in [6, 6.07) is 15.2. The number of aryl methyl sites for hydroxylation is 1. The first kappa shape index (κ1) is 21.2. The number of halogens is 1. The molecule has 1 aliphatic heterocycles. The summed E-state index contributed by atoms with van der Waals surface area (Å²) in [6.07, 6.45) is 0.979. The molecule has 1 aliphatic rings. The van der Waals surface area contributed by atoms with Gasteiger partial charge in [-0.05, 0) is 43.7 Å². The molecule has 0 N–H and O–H groups in total. The highest BCUT2D eigenvalue weighted by molar-refractivity contribution is 9.10. The SMILES string of the molecule is Cc1cc2n(Cc3nc(OCC4CCOC4)c4ccc(Br)cc4n3)c(=O)c3ccccc3n2n1. The first-order valence-corrected chi connectivity index (χ1v) is 12.0. The van der Waals surface area contributed by atoms with E-state index in [4.69, 9.17) is 19.4 Å². The minimum atomic E-state index is -0.105. The molecule has 34 heavy (non-hydrogen) atoms. The second-order valence-corrected chi connectivity index (χ2v) is 9.53. The summed E-state index contributed by atoms with van der Waals surface area (Å²) in [6.45, 7) is 4.11. The molecular weight excluding hydrogens is 498 g/mol. The third-order valence-electron chi connectivity index (χ3n) is 6.15. The van der Waals surface area contributed by atoms with Gasteiger partial charge in [0.05, 0.1) is 47.3 Å². The van der Waals surface area contributed by atoms with Crippen LogP contribution in [-0.4, -0.2) is 44.0 Å². The maximum atomic E-state index is 13.5. The largest absolute Gasteiger partial charge is 0.477 e. The van der Waals surface area contributed by atoms with Crippen molar-refractivity contribution in [3.63, 3.8) is 0 Å². The smallest absolute Gasteiger partial charge is 0.262 e. The summed E-state index contributed by atoms with van der Waals surface area (Å²) in [7, 11) is 0. The van der Waals surface area contributed by atoms with Crippen molar-refractivity contribution in [2.24, 2.45) is 5.92 Å². The van der Waals surface area contributed by atoms with E-state index in [-0.39, 0.29) is 12.1 Å². The zero-order valence-corrected chi connectivity index (χ0v) is 20.2. The number of hydrogen-bond donors (Lipinski definition) is 0. The third-order valence-corrected chi connectivity index (χ3v) is 6.64. The van der Waals surface area contributed by atoms with Crippen LogP contribution in [0.2, 0.25) is 0 Å². The highest BCUT2D eigenvalue weighted by Crippen LogP contribution is 2.27. The highest BCUT2D eigenvalue weighted by atomic mass is 79.9. The van der Waals surface area contributed by atoms with Crippen LogP contribution in [0.1, 0.15) is 17.9 Å². The van der Waals surface area contributed by atoms with E-state index >= 15 is 0 Å². The molecule has 0 spiro atoms. The summed E-state index contributed by atoms with van der Waals surface area (Å²) in [4.78, 5) is 23.0. The van der Waals surface area contributed by atoms with Crippen LogP contribution < -0.4 is 10.3 Å². The van der Waals surface area contributed by atoms with E-state index in [0.29, 0.717) is 41.9 Å². The predicted octanol–water partition coefficient (Wildman–Crippen LogP) is 4.13.